The van der Waals surface area contributed by atoms with Crippen LogP contribution in [0.15, 0.2) is 0 Å². The van der Waals surface area contributed by atoms with Gasteiger partial charge in [-0.2, -0.15) is 12.6 Å². The van der Waals surface area contributed by atoms with Gasteiger partial charge >= 0.3 is 5.97 Å². The summed E-state index contributed by atoms with van der Waals surface area (Å²) in [5, 5.41) is 3.55. The van der Waals surface area contributed by atoms with Crippen molar-refractivity contribution in [2.75, 3.05) is 5.75 Å². The Morgan fingerprint density at radius 1 is 2.17 bits per heavy atom. The maximum Gasteiger partial charge on any atom is 0.304 e. The van der Waals surface area contributed by atoms with Crippen LogP contribution in [0.2, 0.25) is 0 Å². The van der Waals surface area contributed by atoms with Gasteiger partial charge in [0.05, 0.1) is 6.42 Å². The molecule has 1 N–H and O–H groups in total. The molecule has 0 heterocycles. The molecule has 6 heavy (non-hydrogen) atoms. The van der Waals surface area contributed by atoms with Crippen molar-refractivity contribution in [1.29, 1.82) is 1.43 Å². The van der Waals surface area contributed by atoms with E-state index < -0.39 is 5.97 Å². The van der Waals surface area contributed by atoms with Crippen LogP contribution in [0.4, 0.5) is 0 Å². The molecule has 36 valence electrons. The third kappa shape index (κ3) is 3.82. The zero-order valence-corrected chi connectivity index (χ0v) is 4.07. The van der Waals surface area contributed by atoms with E-state index in [1.54, 1.807) is 0 Å². The lowest BCUT2D eigenvalue weighted by atomic mass is 10.5. The van der Waals surface area contributed by atoms with E-state index in [1.807, 2.05) is 0 Å². The summed E-state index contributed by atoms with van der Waals surface area (Å²) in [5.41, 5.74) is 0. The minimum absolute atomic E-state index is 0.215. The SMILES string of the molecule is [2H]OC(=O)CCS. The van der Waals surface area contributed by atoms with Gasteiger partial charge in [-0.1, -0.05) is 0 Å². The van der Waals surface area contributed by atoms with Gasteiger partial charge in [0.15, 0.2) is 0 Å². The normalized spacial score (nSPS) is 9.83. The molecule has 3 heteroatoms. The molecule has 2 nitrogen and oxygen atoms in total. The highest BCUT2D eigenvalue weighted by Gasteiger charge is 1.88. The lowest BCUT2D eigenvalue weighted by Crippen LogP contribution is -1.93. The molecule has 0 aliphatic carbocycles. The zero-order chi connectivity index (χ0) is 5.70. The Labute approximate surface area is 43.1 Å². The topological polar surface area (TPSA) is 37.3 Å². The number of rotatable bonds is 2. The van der Waals surface area contributed by atoms with Crippen LogP contribution in [-0.2, 0) is 4.79 Å². The van der Waals surface area contributed by atoms with Crippen LogP contribution in [-0.4, -0.2) is 16.8 Å². The summed E-state index contributed by atoms with van der Waals surface area (Å²) < 4.78 is 6.03. The number of carboxylic acid groups (broad SMARTS) is 1. The van der Waals surface area contributed by atoms with Gasteiger partial charge < -0.3 is 5.11 Å². The molecule has 0 aromatic rings. The van der Waals surface area contributed by atoms with Crippen molar-refractivity contribution in [3.63, 3.8) is 0 Å². The molecular weight excluding hydrogens is 100 g/mol. The number of aliphatic carboxylic acids is 1. The van der Waals surface area contributed by atoms with E-state index in [9.17, 15) is 4.79 Å². The summed E-state index contributed by atoms with van der Waals surface area (Å²) in [5.74, 6) is -0.0902. The third-order valence-electron chi connectivity index (χ3n) is 0.316. The fourth-order valence-electron chi connectivity index (χ4n) is 0.0913. The molecule has 0 amide bonds. The molecule has 0 saturated carbocycles. The first kappa shape index (κ1) is 3.99. The maximum absolute atomic E-state index is 9.95. The maximum atomic E-state index is 9.95. The van der Waals surface area contributed by atoms with Crippen molar-refractivity contribution in [3.05, 3.63) is 0 Å². The highest BCUT2D eigenvalue weighted by molar-refractivity contribution is 7.80. The lowest BCUT2D eigenvalue weighted by Gasteiger charge is -1.79. The van der Waals surface area contributed by atoms with E-state index >= 15 is 0 Å². The largest absolute Gasteiger partial charge is 0.481 e. The molecule has 0 bridgehead atoms. The Kier molecular flexibility index (Phi) is 2.01. The number of carboxylic acids is 1. The van der Waals surface area contributed by atoms with Crippen molar-refractivity contribution in [2.24, 2.45) is 0 Å². The van der Waals surface area contributed by atoms with Crippen molar-refractivity contribution < 1.29 is 9.90 Å². The van der Waals surface area contributed by atoms with E-state index in [0.717, 1.165) is 0 Å². The Bertz CT molecular complexity index is 66.0. The highest BCUT2D eigenvalue weighted by Crippen LogP contribution is 1.79. The van der Waals surface area contributed by atoms with Crippen LogP contribution >= 0.6 is 12.6 Å². The third-order valence-corrected chi connectivity index (χ3v) is 0.540. The molecule has 0 unspecified atom stereocenters. The molecule has 0 aliphatic rings. The van der Waals surface area contributed by atoms with E-state index in [4.69, 9.17) is 1.43 Å². The van der Waals surface area contributed by atoms with Crippen molar-refractivity contribution >= 4 is 18.6 Å². The summed E-state index contributed by atoms with van der Waals surface area (Å²) in [6.07, 6.45) is 0.215. The van der Waals surface area contributed by atoms with E-state index in [0.29, 0.717) is 5.75 Å². The molecule has 0 spiro atoms. The Balaban J connectivity index is 3.00. The molecule has 0 atom stereocenters. The van der Waals surface area contributed by atoms with Gasteiger partial charge in [-0.25, -0.2) is 0 Å². The van der Waals surface area contributed by atoms with Crippen LogP contribution in [0, 0.1) is 0 Å². The van der Waals surface area contributed by atoms with Gasteiger partial charge in [0.25, 0.3) is 1.43 Å². The summed E-state index contributed by atoms with van der Waals surface area (Å²) in [7, 11) is 0. The van der Waals surface area contributed by atoms with E-state index in [1.165, 1.54) is 0 Å². The van der Waals surface area contributed by atoms with Gasteiger partial charge in [0.1, 0.15) is 0 Å². The summed E-state index contributed by atoms with van der Waals surface area (Å²) >= 11 is 3.73. The smallest absolute Gasteiger partial charge is 0.304 e. The van der Waals surface area contributed by atoms with Gasteiger partial charge in [-0.3, -0.25) is 4.79 Å². The predicted octanol–water partition coefficient (Wildman–Crippen LogP) is 0.391. The number of thiol groups is 1. The molecule has 0 radical (unpaired) electrons. The standard InChI is InChI=1S/C3H6O2S/c4-3(5)1-2-6/h6H,1-2H2,(H,4,5)/i/hD. The lowest BCUT2D eigenvalue weighted by molar-refractivity contribution is -0.136. The second-order valence-electron chi connectivity index (χ2n) is 0.846. The fourth-order valence-corrected chi connectivity index (χ4v) is 0.274. The quantitative estimate of drug-likeness (QED) is 0.501. The summed E-state index contributed by atoms with van der Waals surface area (Å²) in [4.78, 5) is 9.95. The minimum atomic E-state index is -0.532. The van der Waals surface area contributed by atoms with Crippen LogP contribution < -0.4 is 0 Å². The van der Waals surface area contributed by atoms with Crippen molar-refractivity contribution in [1.82, 2.24) is 0 Å². The average Bonchev–Trinajstić information content (AvgIpc) is 1.68. The zero-order valence-electron chi connectivity index (χ0n) is 4.18. The number of hydrogen-bond acceptors (Lipinski definition) is 3. The first-order valence-electron chi connectivity index (χ1n) is 1.99. The molecule has 0 aromatic heterocycles. The monoisotopic (exact) mass is 107 g/mol. The van der Waals surface area contributed by atoms with E-state index in [2.05, 4.69) is 17.7 Å². The van der Waals surface area contributed by atoms with Crippen LogP contribution in [0.5, 0.6) is 0 Å². The minimum Gasteiger partial charge on any atom is -0.481 e. The summed E-state index contributed by atoms with van der Waals surface area (Å²) in [6.45, 7) is 0. The molecule has 0 saturated heterocycles. The molecular formula is C3H6O2S. The molecule has 0 rings (SSSR count). The Morgan fingerprint density at radius 2 is 2.83 bits per heavy atom. The van der Waals surface area contributed by atoms with Crippen LogP contribution in [0.1, 0.15) is 6.42 Å². The van der Waals surface area contributed by atoms with E-state index in [-0.39, 0.29) is 6.42 Å². The number of hydrogen-bond donors (Lipinski definition) is 2. The molecule has 0 aliphatic heterocycles. The Morgan fingerprint density at radius 3 is 3.00 bits per heavy atom. The fraction of sp³-hybridized carbons (Fsp3) is 0.667. The highest BCUT2D eigenvalue weighted by atomic mass is 32.1. The first-order chi connectivity index (χ1) is 3.31. The van der Waals surface area contributed by atoms with Crippen LogP contribution in [0.25, 0.3) is 1.43 Å². The number of carbonyl (C=O) groups is 1. The summed E-state index contributed by atoms with van der Waals surface area (Å²) in [6, 6.07) is 0. The van der Waals surface area contributed by atoms with Gasteiger partial charge in [0.2, 0.25) is 0 Å². The van der Waals surface area contributed by atoms with Crippen molar-refractivity contribution in [2.45, 2.75) is 6.42 Å². The molecule has 0 fully saturated rings. The molecule has 0 aromatic carbocycles. The second kappa shape index (κ2) is 3.03. The second-order valence-corrected chi connectivity index (χ2v) is 1.29. The van der Waals surface area contributed by atoms with Gasteiger partial charge in [0, 0.05) is 5.75 Å². The van der Waals surface area contributed by atoms with Gasteiger partial charge in [-0.05, 0) is 0 Å². The van der Waals surface area contributed by atoms with Gasteiger partial charge in [-0.15, -0.1) is 0 Å². The van der Waals surface area contributed by atoms with Crippen molar-refractivity contribution in [3.8, 4) is 0 Å². The average molecular weight is 107 g/mol. The Hall–Kier alpha value is -0.180. The first-order valence-corrected chi connectivity index (χ1v) is 2.21. The predicted molar refractivity (Wildman–Crippen MR) is 26.1 cm³/mol. The van der Waals surface area contributed by atoms with Crippen LogP contribution in [0.3, 0.4) is 0 Å².